The molecule has 2 aromatic carbocycles. The van der Waals surface area contributed by atoms with Crippen LogP contribution < -0.4 is 11.3 Å². The molecule has 0 saturated carbocycles. The molecular formula is C30H32N6O5. The van der Waals surface area contributed by atoms with Gasteiger partial charge < -0.3 is 9.26 Å². The van der Waals surface area contributed by atoms with Crippen molar-refractivity contribution >= 4 is 0 Å². The van der Waals surface area contributed by atoms with Gasteiger partial charge in [-0.3, -0.25) is 18.9 Å². The van der Waals surface area contributed by atoms with Gasteiger partial charge in [-0.05, 0) is 30.0 Å². The van der Waals surface area contributed by atoms with Crippen LogP contribution in [0.5, 0.6) is 0 Å². The zero-order valence-corrected chi connectivity index (χ0v) is 23.3. The molecule has 5 rings (SSSR count). The molecule has 3 aromatic heterocycles. The summed E-state index contributed by atoms with van der Waals surface area (Å²) >= 11 is 0. The van der Waals surface area contributed by atoms with Crippen LogP contribution in [-0.2, 0) is 30.5 Å². The largest absolute Gasteiger partial charge is 0.439 e. The van der Waals surface area contributed by atoms with Crippen LogP contribution >= 0.6 is 0 Å². The van der Waals surface area contributed by atoms with E-state index in [0.29, 0.717) is 54.8 Å². The van der Waals surface area contributed by atoms with E-state index in [1.165, 1.54) is 0 Å². The van der Waals surface area contributed by atoms with Crippen LogP contribution in [0.1, 0.15) is 54.1 Å². The molecule has 0 aliphatic heterocycles. The maximum Gasteiger partial charge on any atom is 0.439 e. The first kappa shape index (κ1) is 27.9. The molecule has 212 valence electrons. The third kappa shape index (κ3) is 6.41. The molecule has 3 heterocycles. The molecule has 11 nitrogen and oxygen atoms in total. The molecule has 1 N–H and O–H groups in total. The number of hydrogen-bond donors (Lipinski definition) is 1. The van der Waals surface area contributed by atoms with E-state index >= 15 is 0 Å². The quantitative estimate of drug-likeness (QED) is 0.240. The first-order chi connectivity index (χ1) is 20.0. The number of methoxy groups -OCH3 is 1. The summed E-state index contributed by atoms with van der Waals surface area (Å²) < 4.78 is 16.9. The SMILES string of the molecule is CCCCc1nc(C)c(Cc2nc(CCOC)no2)c(=O)n1Cc1ccc(-c2ccccc2-c2noc(=O)[nH]2)cc1. The van der Waals surface area contributed by atoms with Crippen molar-refractivity contribution < 1.29 is 13.8 Å². The molecule has 0 spiro atoms. The van der Waals surface area contributed by atoms with Gasteiger partial charge in [0.15, 0.2) is 11.6 Å². The average Bonchev–Trinajstić information content (AvgIpc) is 3.63. The van der Waals surface area contributed by atoms with E-state index in [9.17, 15) is 9.59 Å². The van der Waals surface area contributed by atoms with Crippen molar-refractivity contribution in [3.8, 4) is 22.5 Å². The summed E-state index contributed by atoms with van der Waals surface area (Å²) in [5.74, 6) is 1.44. The van der Waals surface area contributed by atoms with Gasteiger partial charge in [-0.25, -0.2) is 9.78 Å². The number of unbranched alkanes of at least 4 members (excludes halogenated alkanes) is 1. The first-order valence-electron chi connectivity index (χ1n) is 13.6. The summed E-state index contributed by atoms with van der Waals surface area (Å²) in [7, 11) is 1.62. The Balaban J connectivity index is 1.44. The second-order valence-electron chi connectivity index (χ2n) is 9.80. The summed E-state index contributed by atoms with van der Waals surface area (Å²) in [6.07, 6.45) is 3.38. The predicted octanol–water partition coefficient (Wildman–Crippen LogP) is 4.12. The lowest BCUT2D eigenvalue weighted by molar-refractivity contribution is 0.199. The van der Waals surface area contributed by atoms with Gasteiger partial charge in [-0.2, -0.15) is 4.98 Å². The highest BCUT2D eigenvalue weighted by Gasteiger charge is 2.18. The zero-order chi connectivity index (χ0) is 28.8. The van der Waals surface area contributed by atoms with Gasteiger partial charge in [0, 0.05) is 36.8 Å². The van der Waals surface area contributed by atoms with E-state index in [-0.39, 0.29) is 12.0 Å². The molecule has 0 amide bonds. The number of benzene rings is 2. The fourth-order valence-electron chi connectivity index (χ4n) is 4.72. The highest BCUT2D eigenvalue weighted by Crippen LogP contribution is 2.30. The van der Waals surface area contributed by atoms with Crippen molar-refractivity contribution in [1.82, 2.24) is 29.8 Å². The number of rotatable bonds is 12. The predicted molar refractivity (Wildman–Crippen MR) is 152 cm³/mol. The van der Waals surface area contributed by atoms with Crippen molar-refractivity contribution in [2.75, 3.05) is 13.7 Å². The van der Waals surface area contributed by atoms with Gasteiger partial charge in [0.25, 0.3) is 5.56 Å². The molecule has 0 bridgehead atoms. The molecule has 0 atom stereocenters. The van der Waals surface area contributed by atoms with Crippen LogP contribution in [0.4, 0.5) is 0 Å². The van der Waals surface area contributed by atoms with Crippen LogP contribution in [0.25, 0.3) is 22.5 Å². The van der Waals surface area contributed by atoms with Crippen molar-refractivity contribution in [3.05, 3.63) is 104 Å². The molecule has 41 heavy (non-hydrogen) atoms. The van der Waals surface area contributed by atoms with Crippen molar-refractivity contribution in [1.29, 1.82) is 0 Å². The molecule has 0 fully saturated rings. The van der Waals surface area contributed by atoms with Gasteiger partial charge >= 0.3 is 5.76 Å². The maximum absolute atomic E-state index is 13.8. The fraction of sp³-hybridized carbons (Fsp3) is 0.333. The highest BCUT2D eigenvalue weighted by atomic mass is 16.5. The van der Waals surface area contributed by atoms with Gasteiger partial charge in [0.1, 0.15) is 5.82 Å². The molecule has 5 aromatic rings. The van der Waals surface area contributed by atoms with Crippen molar-refractivity contribution in [2.24, 2.45) is 0 Å². The Kier molecular flexibility index (Phi) is 8.64. The van der Waals surface area contributed by atoms with Gasteiger partial charge in [-0.1, -0.05) is 72.2 Å². The summed E-state index contributed by atoms with van der Waals surface area (Å²) in [6.45, 7) is 4.83. The molecule has 0 aliphatic rings. The number of ether oxygens (including phenoxy) is 1. The minimum Gasteiger partial charge on any atom is -0.384 e. The lowest BCUT2D eigenvalue weighted by atomic mass is 9.98. The van der Waals surface area contributed by atoms with Gasteiger partial charge in [-0.15, -0.1) is 0 Å². The monoisotopic (exact) mass is 556 g/mol. The number of nitrogens with one attached hydrogen (secondary N) is 1. The van der Waals surface area contributed by atoms with Gasteiger partial charge in [0.05, 0.1) is 19.6 Å². The maximum atomic E-state index is 13.8. The molecule has 0 aliphatic carbocycles. The summed E-state index contributed by atoms with van der Waals surface area (Å²) in [6, 6.07) is 15.6. The average molecular weight is 557 g/mol. The standard InChI is InChI=1S/C30H32N6O5/c1-4-5-10-26-31-19(2)24(17-27-32-25(34-40-27)15-16-39-3)29(37)36(26)18-20-11-13-21(14-12-20)22-8-6-7-9-23(22)28-33-30(38)41-35-28/h6-9,11-14H,4-5,10,15-18H2,1-3H3,(H,33,35,38). The number of H-pyrrole nitrogens is 1. The van der Waals surface area contributed by atoms with E-state index < -0.39 is 5.76 Å². The van der Waals surface area contributed by atoms with E-state index in [2.05, 4.69) is 27.2 Å². The third-order valence-corrected chi connectivity index (χ3v) is 6.90. The van der Waals surface area contributed by atoms with E-state index in [1.807, 2.05) is 55.5 Å². The Morgan fingerprint density at radius 2 is 1.73 bits per heavy atom. The van der Waals surface area contributed by atoms with Gasteiger partial charge in [0.2, 0.25) is 5.89 Å². The topological polar surface area (TPSA) is 142 Å². The van der Waals surface area contributed by atoms with Crippen LogP contribution in [0, 0.1) is 6.92 Å². The number of aromatic amines is 1. The molecule has 0 radical (unpaired) electrons. The number of aryl methyl sites for hydroxylation is 2. The number of aromatic nitrogens is 6. The van der Waals surface area contributed by atoms with Crippen LogP contribution in [-0.4, -0.2) is 43.5 Å². The van der Waals surface area contributed by atoms with E-state index in [4.69, 9.17) is 18.8 Å². The minimum absolute atomic E-state index is 0.107. The lowest BCUT2D eigenvalue weighted by Gasteiger charge is -2.16. The minimum atomic E-state index is -0.605. The highest BCUT2D eigenvalue weighted by molar-refractivity contribution is 5.80. The molecule has 0 saturated heterocycles. The van der Waals surface area contributed by atoms with Crippen LogP contribution in [0.2, 0.25) is 0 Å². The van der Waals surface area contributed by atoms with Crippen LogP contribution in [0.3, 0.4) is 0 Å². The van der Waals surface area contributed by atoms with Crippen molar-refractivity contribution in [3.63, 3.8) is 0 Å². The Morgan fingerprint density at radius 1 is 0.951 bits per heavy atom. The normalized spacial score (nSPS) is 11.3. The number of hydrogen-bond acceptors (Lipinski definition) is 9. The van der Waals surface area contributed by atoms with Crippen molar-refractivity contribution in [2.45, 2.75) is 52.5 Å². The summed E-state index contributed by atoms with van der Waals surface area (Å²) in [4.78, 5) is 37.2. The number of nitrogens with zero attached hydrogens (tertiary/aromatic N) is 5. The Bertz CT molecular complexity index is 1730. The Hall–Kier alpha value is -4.64. The fourth-order valence-corrected chi connectivity index (χ4v) is 4.72. The third-order valence-electron chi connectivity index (χ3n) is 6.90. The molecule has 0 unspecified atom stereocenters. The summed E-state index contributed by atoms with van der Waals surface area (Å²) in [5, 5.41) is 7.84. The molecular weight excluding hydrogens is 524 g/mol. The second-order valence-corrected chi connectivity index (χ2v) is 9.80. The zero-order valence-electron chi connectivity index (χ0n) is 23.3. The molecule has 11 heteroatoms. The Morgan fingerprint density at radius 3 is 2.44 bits per heavy atom. The second kappa shape index (κ2) is 12.7. The first-order valence-corrected chi connectivity index (χ1v) is 13.6. The smallest absolute Gasteiger partial charge is 0.384 e. The lowest BCUT2D eigenvalue weighted by Crippen LogP contribution is -2.30. The van der Waals surface area contributed by atoms with E-state index in [0.717, 1.165) is 40.9 Å². The summed E-state index contributed by atoms with van der Waals surface area (Å²) in [5.41, 5.74) is 4.65. The Labute approximate surface area is 236 Å². The van der Waals surface area contributed by atoms with E-state index in [1.54, 1.807) is 11.7 Å². The van der Waals surface area contributed by atoms with Crippen LogP contribution in [0.15, 0.2) is 67.2 Å².